The van der Waals surface area contributed by atoms with Gasteiger partial charge in [-0.05, 0) is 50.2 Å². The zero-order valence-electron chi connectivity index (χ0n) is 35.4. The van der Waals surface area contributed by atoms with E-state index in [2.05, 4.69) is 44.9 Å². The first-order chi connectivity index (χ1) is 31.7. The Hall–Kier alpha value is -7.77. The molecule has 9 heterocycles. The van der Waals surface area contributed by atoms with Gasteiger partial charge in [-0.15, -0.1) is 0 Å². The Bertz CT molecular complexity index is 2840. The summed E-state index contributed by atoms with van der Waals surface area (Å²) in [4.78, 5) is 70.6. The third-order valence-electron chi connectivity index (χ3n) is 8.01. The molecule has 0 unspecified atom stereocenters. The predicted molar refractivity (Wildman–Crippen MR) is 234 cm³/mol. The van der Waals surface area contributed by atoms with E-state index in [1.54, 1.807) is 86.0 Å². The largest absolute Gasteiger partial charge is 1.00 e. The minimum atomic E-state index is -1.06. The van der Waals surface area contributed by atoms with Gasteiger partial charge in [-0.3, -0.25) is 13.7 Å². The fraction of sp³-hybridized carbons (Fsp3) is 0.100. The molecule has 0 bridgehead atoms. The van der Waals surface area contributed by atoms with Crippen LogP contribution in [0.3, 0.4) is 0 Å². The van der Waals surface area contributed by atoms with Gasteiger partial charge < -0.3 is 43.0 Å². The van der Waals surface area contributed by atoms with Crippen molar-refractivity contribution in [3.63, 3.8) is 0 Å². The fourth-order valence-electron chi connectivity index (χ4n) is 5.20. The summed E-state index contributed by atoms with van der Waals surface area (Å²) in [6.07, 6.45) is 22.3. The molecule has 67 heavy (non-hydrogen) atoms. The second kappa shape index (κ2) is 26.3. The van der Waals surface area contributed by atoms with Gasteiger partial charge in [-0.25, -0.2) is 59.2 Å². The normalized spacial score (nSPS) is 9.91. The van der Waals surface area contributed by atoms with Crippen LogP contribution >= 0.6 is 22.6 Å². The molecular weight excluding hydrogens is 985 g/mol. The maximum Gasteiger partial charge on any atom is 1.00 e. The minimum absolute atomic E-state index is 0. The summed E-state index contributed by atoms with van der Waals surface area (Å²) in [5, 5.41) is 17.5. The van der Waals surface area contributed by atoms with Crippen molar-refractivity contribution in [2.24, 2.45) is 0 Å². The van der Waals surface area contributed by atoms with Crippen molar-refractivity contribution in [1.82, 2.24) is 58.6 Å². The molecule has 0 fully saturated rings. The second-order valence-electron chi connectivity index (χ2n) is 12.0. The number of aromatic nitrogens is 12. The number of nitrogens with zero attached hydrogens (tertiary/aromatic N) is 12. The Morgan fingerprint density at radius 2 is 1.04 bits per heavy atom. The van der Waals surface area contributed by atoms with Crippen molar-refractivity contribution in [3.05, 3.63) is 151 Å². The van der Waals surface area contributed by atoms with E-state index in [9.17, 15) is 14.4 Å². The van der Waals surface area contributed by atoms with Crippen LogP contribution < -0.4 is 23.5 Å². The van der Waals surface area contributed by atoms with Gasteiger partial charge in [0.05, 0.1) is 67.7 Å². The Kier molecular flexibility index (Phi) is 20.3. The third-order valence-corrected chi connectivity index (χ3v) is 8.54. The van der Waals surface area contributed by atoms with E-state index < -0.39 is 17.9 Å². The van der Waals surface area contributed by atoms with Crippen LogP contribution in [0.1, 0.15) is 45.3 Å². The van der Waals surface area contributed by atoms with E-state index in [0.717, 1.165) is 5.56 Å². The Balaban J connectivity index is 0.000000203. The number of esters is 2. The van der Waals surface area contributed by atoms with E-state index in [4.69, 9.17) is 37.5 Å². The van der Waals surface area contributed by atoms with Gasteiger partial charge in [0.25, 0.3) is 3.90 Å². The number of halogens is 1. The van der Waals surface area contributed by atoms with Crippen LogP contribution in [0.4, 0.5) is 0 Å². The summed E-state index contributed by atoms with van der Waals surface area (Å²) in [6, 6.07) is 10.2. The molecule has 3 N–H and O–H groups in total. The monoisotopic (exact) mass is 1020 g/mol. The van der Waals surface area contributed by atoms with E-state index in [1.165, 1.54) is 65.4 Å². The molecular formula is C40H34BILiN12O12. The van der Waals surface area contributed by atoms with Crippen LogP contribution in [0.5, 0.6) is 5.75 Å². The van der Waals surface area contributed by atoms with Crippen molar-refractivity contribution in [3.8, 4) is 46.1 Å². The number of carbonyl (C=O) groups is 3. The molecule has 0 aliphatic carbocycles. The maximum absolute atomic E-state index is 11.8. The maximum atomic E-state index is 11.8. The number of carbonyl (C=O) groups excluding carboxylic acids is 2. The molecule has 0 atom stereocenters. The van der Waals surface area contributed by atoms with Crippen LogP contribution in [0, 0.1) is 3.90 Å². The van der Waals surface area contributed by atoms with Gasteiger partial charge in [0.15, 0.2) is 17.1 Å². The molecule has 27 heteroatoms. The molecule has 0 aromatic carbocycles. The van der Waals surface area contributed by atoms with Crippen LogP contribution in [0.25, 0.3) is 40.4 Å². The molecule has 0 aliphatic heterocycles. The smallest absolute Gasteiger partial charge is 0.870 e. The van der Waals surface area contributed by atoms with Crippen LogP contribution in [-0.2, 0) is 9.47 Å². The molecule has 0 saturated heterocycles. The topological polar surface area (TPSA) is 320 Å². The van der Waals surface area contributed by atoms with Crippen molar-refractivity contribution in [2.45, 2.75) is 13.8 Å². The van der Waals surface area contributed by atoms with E-state index in [-0.39, 0.29) is 42.3 Å². The number of ether oxygens (including phenoxy) is 2. The second-order valence-corrected chi connectivity index (χ2v) is 13.0. The van der Waals surface area contributed by atoms with Crippen molar-refractivity contribution < 1.29 is 76.2 Å². The van der Waals surface area contributed by atoms with Gasteiger partial charge in [-0.2, -0.15) is 0 Å². The molecule has 337 valence electrons. The van der Waals surface area contributed by atoms with Crippen molar-refractivity contribution in [1.29, 1.82) is 0 Å². The molecule has 0 saturated carbocycles. The molecule has 9 rings (SSSR count). The average molecular weight is 1020 g/mol. The first kappa shape index (κ1) is 51.9. The number of rotatable bonds is 12. The van der Waals surface area contributed by atoms with E-state index in [0.29, 0.717) is 64.4 Å². The zero-order chi connectivity index (χ0) is 46.0. The number of pyridine rings is 3. The molecule has 24 nitrogen and oxygen atoms in total. The predicted octanol–water partition coefficient (Wildman–Crippen LogP) is 2.18. The number of oxazole rings is 3. The van der Waals surface area contributed by atoms with Crippen molar-refractivity contribution >= 4 is 48.2 Å². The first-order valence-electron chi connectivity index (χ1n) is 18.7. The SMILES string of the molecule is CCOC(=O)c1cncn1-c1ccc(-c2ncco2)cn1.CCOC(=O)c1cncn1-c1ccc(O[B]O)cn1.Ic1ncco1.O=C(O)c1cncn1-c1ccc(-c2ncco2)cn1.[Li+].[OH-]. The van der Waals surface area contributed by atoms with Gasteiger partial charge in [-0.1, -0.05) is 0 Å². The van der Waals surface area contributed by atoms with Crippen LogP contribution in [0.15, 0.2) is 143 Å². The van der Waals surface area contributed by atoms with Gasteiger partial charge in [0.1, 0.15) is 61.0 Å². The summed E-state index contributed by atoms with van der Waals surface area (Å²) in [5.74, 6) is 0.884. The minimum Gasteiger partial charge on any atom is -0.870 e. The number of carboxylic acids is 1. The average Bonchev–Trinajstić information content (AvgIpc) is 4.18. The number of hydrogen-bond donors (Lipinski definition) is 2. The van der Waals surface area contributed by atoms with Crippen molar-refractivity contribution in [2.75, 3.05) is 13.2 Å². The summed E-state index contributed by atoms with van der Waals surface area (Å²) < 4.78 is 34.9. The van der Waals surface area contributed by atoms with Crippen LogP contribution in [-0.4, -0.2) is 113 Å². The summed E-state index contributed by atoms with van der Waals surface area (Å²) >= 11 is 2.00. The Labute approximate surface area is 405 Å². The zero-order valence-corrected chi connectivity index (χ0v) is 37.5. The first-order valence-corrected chi connectivity index (χ1v) is 19.8. The number of imidazole rings is 3. The summed E-state index contributed by atoms with van der Waals surface area (Å²) in [5.41, 5.74) is 2.13. The standard InChI is InChI=1S/C14H12N4O3.C12H8N4O3.C11H11BN3O4.C3H2INO.Li.H2O/c1-2-20-14(19)11-8-15-9-18(11)12-4-3-10(7-17-12)13-16-5-6-21-13;17-12(18)9-6-13-7-16(9)10-2-1-8(5-15-10)11-14-3-4-19-11;1-2-18-11(16)9-6-13-7-15(9)10-4-3-8(5-14-10)19-12-17;4-3-5-1-2-6-3;;/h3-9H,2H2,1H3;1-7H,(H,17,18);3-7,17H,2H2,1H3;1-2H;;1H2/q;;;;+1;/p-1. The number of carboxylic acid groups (broad SMARTS) is 1. The van der Waals surface area contributed by atoms with E-state index in [1.807, 2.05) is 28.7 Å². The Morgan fingerprint density at radius 1 is 0.612 bits per heavy atom. The molecule has 0 amide bonds. The van der Waals surface area contributed by atoms with Gasteiger partial charge >= 0.3 is 44.5 Å². The summed E-state index contributed by atoms with van der Waals surface area (Å²) in [7, 11) is 0.567. The quantitative estimate of drug-likeness (QED) is 0.101. The molecule has 0 aliphatic rings. The molecule has 9 aromatic rings. The van der Waals surface area contributed by atoms with Gasteiger partial charge in [0.2, 0.25) is 11.8 Å². The molecule has 9 aromatic heterocycles. The summed E-state index contributed by atoms with van der Waals surface area (Å²) in [6.45, 7) is 4.08. The van der Waals surface area contributed by atoms with E-state index >= 15 is 0 Å². The third kappa shape index (κ3) is 14.1. The number of hydrogen-bond acceptors (Lipinski definition) is 20. The molecule has 1 radical (unpaired) electrons. The molecule has 0 spiro atoms. The fourth-order valence-corrected chi connectivity index (χ4v) is 5.50. The van der Waals surface area contributed by atoms with Crippen LogP contribution in [0.2, 0.25) is 0 Å². The number of aromatic carboxylic acids is 1. The van der Waals surface area contributed by atoms with Gasteiger partial charge in [0, 0.05) is 35.0 Å². The Morgan fingerprint density at radius 3 is 1.37 bits per heavy atom.